The number of fused-ring (bicyclic) bond motifs is 1. The summed E-state index contributed by atoms with van der Waals surface area (Å²) in [5.74, 6) is -0.491. The van der Waals surface area contributed by atoms with E-state index in [2.05, 4.69) is 73.6 Å². The van der Waals surface area contributed by atoms with Gasteiger partial charge in [-0.05, 0) is 67.9 Å². The second-order valence-electron chi connectivity index (χ2n) is 12.5. The van der Waals surface area contributed by atoms with Crippen molar-refractivity contribution in [1.29, 1.82) is 5.26 Å². The number of amides is 1. The predicted molar refractivity (Wildman–Crippen MR) is 163 cm³/mol. The Morgan fingerprint density at radius 2 is 1.76 bits per heavy atom. The molecule has 0 radical (unpaired) electrons. The molecule has 1 amide bonds. The topological polar surface area (TPSA) is 110 Å². The van der Waals surface area contributed by atoms with Gasteiger partial charge < -0.3 is 14.3 Å². The fourth-order valence-electron chi connectivity index (χ4n) is 4.26. The average Bonchev–Trinajstić information content (AvgIpc) is 3.32. The molecule has 0 unspecified atom stereocenters. The van der Waals surface area contributed by atoms with Crippen LogP contribution < -0.4 is 5.32 Å². The van der Waals surface area contributed by atoms with Crippen molar-refractivity contribution in [3.05, 3.63) is 89.6 Å². The molecule has 0 aliphatic heterocycles. The van der Waals surface area contributed by atoms with Gasteiger partial charge in [0.1, 0.15) is 5.69 Å². The third-order valence-electron chi connectivity index (χ3n) is 7.82. The maximum Gasteiger partial charge on any atom is 0.228 e. The summed E-state index contributed by atoms with van der Waals surface area (Å²) >= 11 is 0. The Kier molecular flexibility index (Phi) is 8.29. The lowest BCUT2D eigenvalue weighted by molar-refractivity contribution is -0.115. The number of anilines is 1. The molecule has 0 saturated carbocycles. The van der Waals surface area contributed by atoms with Gasteiger partial charge in [0.2, 0.25) is 11.7 Å². The number of nitriles is 1. The van der Waals surface area contributed by atoms with E-state index >= 15 is 0 Å². The minimum atomic E-state index is -1.98. The molecule has 4 rings (SSSR count). The van der Waals surface area contributed by atoms with E-state index in [1.807, 2.05) is 12.3 Å². The number of pyridine rings is 2. The largest absolute Gasteiger partial charge is 0.414 e. The molecular formula is C32H37N5O3Si. The van der Waals surface area contributed by atoms with Crippen molar-refractivity contribution in [2.24, 2.45) is 0 Å². The normalized spacial score (nSPS) is 12.2. The van der Waals surface area contributed by atoms with E-state index in [0.717, 1.165) is 16.5 Å². The number of rotatable bonds is 9. The second kappa shape index (κ2) is 11.4. The summed E-state index contributed by atoms with van der Waals surface area (Å²) in [6, 6.07) is 14.1. The van der Waals surface area contributed by atoms with Crippen molar-refractivity contribution >= 4 is 36.6 Å². The monoisotopic (exact) mass is 567 g/mol. The van der Waals surface area contributed by atoms with Gasteiger partial charge in [0.25, 0.3) is 0 Å². The summed E-state index contributed by atoms with van der Waals surface area (Å²) in [5, 5.41) is 12.6. The van der Waals surface area contributed by atoms with Crippen molar-refractivity contribution in [1.82, 2.24) is 14.5 Å². The number of carbonyl (C=O) groups is 2. The number of nitrogens with one attached hydrogen (secondary N) is 1. The predicted octanol–water partition coefficient (Wildman–Crippen LogP) is 6.47. The summed E-state index contributed by atoms with van der Waals surface area (Å²) in [6.45, 7) is 15.8. The molecule has 8 nitrogen and oxygen atoms in total. The first kappa shape index (κ1) is 29.8. The molecule has 0 aliphatic carbocycles. The van der Waals surface area contributed by atoms with Gasteiger partial charge in [-0.1, -0.05) is 32.9 Å². The Labute approximate surface area is 242 Å². The van der Waals surface area contributed by atoms with Crippen molar-refractivity contribution in [2.75, 3.05) is 11.9 Å². The van der Waals surface area contributed by atoms with E-state index in [9.17, 15) is 9.59 Å². The highest BCUT2D eigenvalue weighted by molar-refractivity contribution is 6.74. The molecule has 41 heavy (non-hydrogen) atoms. The molecule has 0 bridgehead atoms. The van der Waals surface area contributed by atoms with E-state index < -0.39 is 13.9 Å². The van der Waals surface area contributed by atoms with Crippen LogP contribution in [0, 0.1) is 11.3 Å². The summed E-state index contributed by atoms with van der Waals surface area (Å²) in [5.41, 5.74) is 2.97. The number of ketones is 1. The fraction of sp³-hybridized carbons (Fsp3) is 0.344. The number of benzene rings is 1. The summed E-state index contributed by atoms with van der Waals surface area (Å²) in [7, 11) is -1.98. The Bertz CT molecular complexity index is 1630. The minimum Gasteiger partial charge on any atom is -0.414 e. The molecular weight excluding hydrogens is 530 g/mol. The van der Waals surface area contributed by atoms with Gasteiger partial charge in [-0.2, -0.15) is 5.26 Å². The molecule has 0 atom stereocenters. The van der Waals surface area contributed by atoms with Crippen LogP contribution in [0.25, 0.3) is 10.9 Å². The Morgan fingerprint density at radius 1 is 1.05 bits per heavy atom. The van der Waals surface area contributed by atoms with Crippen molar-refractivity contribution < 1.29 is 14.0 Å². The standard InChI is InChI=1S/C32H37N5O3Si/c1-31(2,3)41(6,7)40-21-32(4,5)37-20-26(25-19-34-14-13-28(25)37)30(39)27-17-24(12-15-35-27)36-29(38)16-22-8-10-23(18-33)11-9-22/h8-15,17,19-20H,16,21H2,1-7H3,(H,35,36,38). The van der Waals surface area contributed by atoms with Gasteiger partial charge >= 0.3 is 0 Å². The number of hydrogen-bond donors (Lipinski definition) is 1. The molecule has 9 heteroatoms. The lowest BCUT2D eigenvalue weighted by Crippen LogP contribution is -2.45. The minimum absolute atomic E-state index is 0.0843. The zero-order valence-corrected chi connectivity index (χ0v) is 25.8. The van der Waals surface area contributed by atoms with Gasteiger partial charge in [0, 0.05) is 35.9 Å². The molecule has 1 N–H and O–H groups in total. The third kappa shape index (κ3) is 6.61. The van der Waals surface area contributed by atoms with Crippen molar-refractivity contribution in [3.8, 4) is 6.07 Å². The first-order valence-corrected chi connectivity index (χ1v) is 16.5. The van der Waals surface area contributed by atoms with Gasteiger partial charge in [0.05, 0.1) is 41.3 Å². The molecule has 0 saturated heterocycles. The highest BCUT2D eigenvalue weighted by Gasteiger charge is 2.39. The van der Waals surface area contributed by atoms with Crippen LogP contribution in [0.1, 0.15) is 61.8 Å². The fourth-order valence-corrected chi connectivity index (χ4v) is 5.40. The summed E-state index contributed by atoms with van der Waals surface area (Å²) in [6.07, 6.45) is 6.94. The highest BCUT2D eigenvalue weighted by atomic mass is 28.4. The van der Waals surface area contributed by atoms with Crippen LogP contribution >= 0.6 is 0 Å². The number of carbonyl (C=O) groups excluding carboxylic acids is 2. The lowest BCUT2D eigenvalue weighted by atomic mass is 10.1. The van der Waals surface area contributed by atoms with E-state index in [-0.39, 0.29) is 28.8 Å². The van der Waals surface area contributed by atoms with Gasteiger partial charge in [0.15, 0.2) is 8.32 Å². The van der Waals surface area contributed by atoms with Crippen LogP contribution in [0.5, 0.6) is 0 Å². The molecule has 3 heterocycles. The maximum atomic E-state index is 13.8. The summed E-state index contributed by atoms with van der Waals surface area (Å²) < 4.78 is 8.66. The summed E-state index contributed by atoms with van der Waals surface area (Å²) in [4.78, 5) is 35.0. The smallest absolute Gasteiger partial charge is 0.228 e. The molecule has 0 aliphatic rings. The zero-order valence-electron chi connectivity index (χ0n) is 24.8. The third-order valence-corrected chi connectivity index (χ3v) is 12.3. The Balaban J connectivity index is 1.57. The van der Waals surface area contributed by atoms with Gasteiger partial charge in [-0.3, -0.25) is 19.6 Å². The van der Waals surface area contributed by atoms with Gasteiger partial charge in [-0.15, -0.1) is 0 Å². The number of aromatic nitrogens is 3. The van der Waals surface area contributed by atoms with Crippen LogP contribution in [0.15, 0.2) is 67.3 Å². The quantitative estimate of drug-likeness (QED) is 0.183. The molecule has 4 aromatic rings. The molecule has 0 fully saturated rings. The van der Waals surface area contributed by atoms with E-state index in [1.165, 1.54) is 6.20 Å². The molecule has 3 aromatic heterocycles. The zero-order chi connectivity index (χ0) is 30.0. The molecule has 0 spiro atoms. The molecule has 212 valence electrons. The lowest BCUT2D eigenvalue weighted by Gasteiger charge is -2.39. The average molecular weight is 568 g/mol. The number of nitrogens with zero attached hydrogens (tertiary/aromatic N) is 4. The Hall–Kier alpha value is -4.13. The van der Waals surface area contributed by atoms with Gasteiger partial charge in [-0.25, -0.2) is 0 Å². The van der Waals surface area contributed by atoms with Crippen LogP contribution in [-0.4, -0.2) is 41.1 Å². The van der Waals surface area contributed by atoms with Crippen LogP contribution in [0.2, 0.25) is 18.1 Å². The van der Waals surface area contributed by atoms with E-state index in [0.29, 0.717) is 23.4 Å². The van der Waals surface area contributed by atoms with Crippen molar-refractivity contribution in [2.45, 2.75) is 64.7 Å². The van der Waals surface area contributed by atoms with Crippen LogP contribution in [0.3, 0.4) is 0 Å². The highest BCUT2D eigenvalue weighted by Crippen LogP contribution is 2.38. The van der Waals surface area contributed by atoms with Crippen LogP contribution in [0.4, 0.5) is 5.69 Å². The maximum absolute atomic E-state index is 13.8. The van der Waals surface area contributed by atoms with Crippen molar-refractivity contribution in [3.63, 3.8) is 0 Å². The number of hydrogen-bond acceptors (Lipinski definition) is 6. The first-order valence-electron chi connectivity index (χ1n) is 13.6. The van der Waals surface area contributed by atoms with Crippen LogP contribution in [-0.2, 0) is 21.2 Å². The van der Waals surface area contributed by atoms with E-state index in [4.69, 9.17) is 9.69 Å². The second-order valence-corrected chi connectivity index (χ2v) is 17.3. The first-order chi connectivity index (χ1) is 19.2. The Morgan fingerprint density at radius 3 is 2.41 bits per heavy atom. The molecule has 1 aromatic carbocycles. The van der Waals surface area contributed by atoms with E-state index in [1.54, 1.807) is 48.8 Å². The SMILES string of the molecule is CC(C)(CO[Si](C)(C)C(C)(C)C)n1cc(C(=O)c2cc(NC(=O)Cc3ccc(C#N)cc3)ccn2)c2cnccc21.